The van der Waals surface area contributed by atoms with Crippen molar-refractivity contribution in [2.45, 2.75) is 31.9 Å². The highest BCUT2D eigenvalue weighted by Crippen LogP contribution is 2.10. The van der Waals surface area contributed by atoms with Gasteiger partial charge in [-0.3, -0.25) is 4.79 Å². The first-order valence-corrected chi connectivity index (χ1v) is 5.46. The van der Waals surface area contributed by atoms with Gasteiger partial charge in [0, 0.05) is 13.2 Å². The number of ether oxygens (including phenoxy) is 2. The number of primary amides is 1. The average Bonchev–Trinajstić information content (AvgIpc) is 2.25. The number of hydrogen-bond acceptors (Lipinski definition) is 4. The molecule has 5 heteroatoms. The second-order valence-electron chi connectivity index (χ2n) is 3.66. The molecule has 0 radical (unpaired) electrons. The Kier molecular flexibility index (Phi) is 5.60. The number of rotatable bonds is 6. The Labute approximate surface area is 90.3 Å². The van der Waals surface area contributed by atoms with Gasteiger partial charge in [0.2, 0.25) is 5.91 Å². The molecule has 0 aromatic heterocycles. The molecule has 0 saturated carbocycles. The van der Waals surface area contributed by atoms with Crippen LogP contribution in [-0.4, -0.2) is 44.4 Å². The van der Waals surface area contributed by atoms with E-state index in [0.29, 0.717) is 13.2 Å². The van der Waals surface area contributed by atoms with Gasteiger partial charge < -0.3 is 20.5 Å². The lowest BCUT2D eigenvalue weighted by Gasteiger charge is -2.24. The molecular weight excluding hydrogens is 196 g/mol. The Morgan fingerprint density at radius 3 is 2.80 bits per heavy atom. The Bertz CT molecular complexity index is 193. The Morgan fingerprint density at radius 1 is 1.60 bits per heavy atom. The van der Waals surface area contributed by atoms with Crippen LogP contribution in [0.5, 0.6) is 0 Å². The normalized spacial score (nSPS) is 20.1. The van der Waals surface area contributed by atoms with Crippen molar-refractivity contribution < 1.29 is 14.3 Å². The summed E-state index contributed by atoms with van der Waals surface area (Å²) >= 11 is 0. The van der Waals surface area contributed by atoms with Crippen LogP contribution in [0.1, 0.15) is 19.8 Å². The van der Waals surface area contributed by atoms with E-state index in [2.05, 4.69) is 5.32 Å². The molecule has 0 aromatic rings. The van der Waals surface area contributed by atoms with Crippen LogP contribution in [-0.2, 0) is 14.3 Å². The largest absolute Gasteiger partial charge is 0.381 e. The van der Waals surface area contributed by atoms with Gasteiger partial charge >= 0.3 is 0 Å². The molecule has 1 unspecified atom stereocenters. The Balaban J connectivity index is 2.22. The second-order valence-corrected chi connectivity index (χ2v) is 3.66. The van der Waals surface area contributed by atoms with E-state index in [1.807, 2.05) is 6.92 Å². The van der Waals surface area contributed by atoms with Crippen LogP contribution in [0.3, 0.4) is 0 Å². The smallest absolute Gasteiger partial charge is 0.236 e. The molecule has 1 heterocycles. The summed E-state index contributed by atoms with van der Waals surface area (Å²) < 4.78 is 10.8. The molecule has 0 bridgehead atoms. The highest BCUT2D eigenvalue weighted by atomic mass is 16.5. The fourth-order valence-electron chi connectivity index (χ4n) is 1.56. The zero-order valence-corrected chi connectivity index (χ0v) is 9.20. The molecule has 3 N–H and O–H groups in total. The molecular formula is C10H20N2O3. The zero-order valence-electron chi connectivity index (χ0n) is 9.20. The van der Waals surface area contributed by atoms with E-state index in [1.54, 1.807) is 0 Å². The summed E-state index contributed by atoms with van der Waals surface area (Å²) in [6, 6.07) is -0.377. The number of nitrogens with two attached hydrogens (primary N) is 1. The van der Waals surface area contributed by atoms with E-state index < -0.39 is 0 Å². The van der Waals surface area contributed by atoms with E-state index in [0.717, 1.165) is 26.1 Å². The fourth-order valence-corrected chi connectivity index (χ4v) is 1.56. The number of likely N-dealkylation sites (N-methyl/N-ethyl adjacent to an activating group) is 1. The third-order valence-electron chi connectivity index (χ3n) is 2.46. The minimum absolute atomic E-state index is 0.208. The van der Waals surface area contributed by atoms with Crippen molar-refractivity contribution in [2.75, 3.05) is 26.4 Å². The first-order chi connectivity index (χ1) is 7.24. The van der Waals surface area contributed by atoms with Crippen molar-refractivity contribution in [3.63, 3.8) is 0 Å². The molecule has 1 rings (SSSR count). The summed E-state index contributed by atoms with van der Waals surface area (Å²) in [4.78, 5) is 11.0. The SMILES string of the molecule is CCNC(COC1CCOCC1)C(N)=O. The van der Waals surface area contributed by atoms with Crippen LogP contribution >= 0.6 is 0 Å². The van der Waals surface area contributed by atoms with Gasteiger partial charge in [-0.05, 0) is 19.4 Å². The van der Waals surface area contributed by atoms with Crippen molar-refractivity contribution in [3.05, 3.63) is 0 Å². The molecule has 88 valence electrons. The number of amides is 1. The van der Waals surface area contributed by atoms with Crippen LogP contribution in [0.25, 0.3) is 0 Å². The molecule has 1 atom stereocenters. The van der Waals surface area contributed by atoms with Crippen LogP contribution in [0.4, 0.5) is 0 Å². The van der Waals surface area contributed by atoms with E-state index >= 15 is 0 Å². The summed E-state index contributed by atoms with van der Waals surface area (Å²) in [5.74, 6) is -0.357. The minimum atomic E-state index is -0.377. The van der Waals surface area contributed by atoms with Crippen LogP contribution < -0.4 is 11.1 Å². The summed E-state index contributed by atoms with van der Waals surface area (Å²) in [7, 11) is 0. The number of nitrogens with one attached hydrogen (secondary N) is 1. The van der Waals surface area contributed by atoms with Crippen LogP contribution in [0, 0.1) is 0 Å². The maximum Gasteiger partial charge on any atom is 0.236 e. The maximum absolute atomic E-state index is 11.0. The molecule has 0 aromatic carbocycles. The van der Waals surface area contributed by atoms with Gasteiger partial charge in [0.1, 0.15) is 6.04 Å². The van der Waals surface area contributed by atoms with Gasteiger partial charge in [-0.25, -0.2) is 0 Å². The molecule has 1 aliphatic heterocycles. The Hall–Kier alpha value is -0.650. The number of carbonyl (C=O) groups is 1. The van der Waals surface area contributed by atoms with Gasteiger partial charge in [-0.15, -0.1) is 0 Å². The highest BCUT2D eigenvalue weighted by molar-refractivity contribution is 5.79. The number of hydrogen-bond donors (Lipinski definition) is 2. The first-order valence-electron chi connectivity index (χ1n) is 5.46. The Morgan fingerprint density at radius 2 is 2.27 bits per heavy atom. The average molecular weight is 216 g/mol. The first kappa shape index (κ1) is 12.4. The van der Waals surface area contributed by atoms with Crippen molar-refractivity contribution in [1.82, 2.24) is 5.32 Å². The minimum Gasteiger partial charge on any atom is -0.381 e. The van der Waals surface area contributed by atoms with Crippen LogP contribution in [0.2, 0.25) is 0 Å². The van der Waals surface area contributed by atoms with E-state index in [-0.39, 0.29) is 18.1 Å². The lowest BCUT2D eigenvalue weighted by Crippen LogP contribution is -2.45. The molecule has 0 aliphatic carbocycles. The molecule has 1 aliphatic rings. The standard InChI is InChI=1S/C10H20N2O3/c1-2-12-9(10(11)13)7-15-8-3-5-14-6-4-8/h8-9,12H,2-7H2,1H3,(H2,11,13). The second kappa shape index (κ2) is 6.76. The summed E-state index contributed by atoms with van der Waals surface area (Å²) in [5, 5.41) is 2.99. The van der Waals surface area contributed by atoms with Crippen molar-refractivity contribution in [3.8, 4) is 0 Å². The summed E-state index contributed by atoms with van der Waals surface area (Å²) in [6.45, 7) is 4.49. The quantitative estimate of drug-likeness (QED) is 0.636. The summed E-state index contributed by atoms with van der Waals surface area (Å²) in [5.41, 5.74) is 5.23. The molecule has 1 saturated heterocycles. The predicted molar refractivity (Wildman–Crippen MR) is 56.5 cm³/mol. The molecule has 1 amide bonds. The topological polar surface area (TPSA) is 73.6 Å². The predicted octanol–water partition coefficient (Wildman–Crippen LogP) is -0.355. The monoisotopic (exact) mass is 216 g/mol. The number of carbonyl (C=O) groups excluding carboxylic acids is 1. The third-order valence-corrected chi connectivity index (χ3v) is 2.46. The molecule has 15 heavy (non-hydrogen) atoms. The van der Waals surface area contributed by atoms with E-state index in [4.69, 9.17) is 15.2 Å². The van der Waals surface area contributed by atoms with Gasteiger partial charge in [0.05, 0.1) is 12.7 Å². The van der Waals surface area contributed by atoms with Crippen molar-refractivity contribution in [1.29, 1.82) is 0 Å². The van der Waals surface area contributed by atoms with Gasteiger partial charge in [-0.2, -0.15) is 0 Å². The molecule has 5 nitrogen and oxygen atoms in total. The van der Waals surface area contributed by atoms with Crippen molar-refractivity contribution >= 4 is 5.91 Å². The molecule has 1 fully saturated rings. The van der Waals surface area contributed by atoms with Crippen LogP contribution in [0.15, 0.2) is 0 Å². The zero-order chi connectivity index (χ0) is 11.1. The van der Waals surface area contributed by atoms with Gasteiger partial charge in [-0.1, -0.05) is 6.92 Å². The van der Waals surface area contributed by atoms with E-state index in [9.17, 15) is 4.79 Å². The van der Waals surface area contributed by atoms with Gasteiger partial charge in [0.25, 0.3) is 0 Å². The lowest BCUT2D eigenvalue weighted by atomic mass is 10.1. The highest BCUT2D eigenvalue weighted by Gasteiger charge is 2.19. The van der Waals surface area contributed by atoms with Crippen molar-refractivity contribution in [2.24, 2.45) is 5.73 Å². The van der Waals surface area contributed by atoms with E-state index in [1.165, 1.54) is 0 Å². The van der Waals surface area contributed by atoms with Gasteiger partial charge in [0.15, 0.2) is 0 Å². The summed E-state index contributed by atoms with van der Waals surface area (Å²) in [6.07, 6.45) is 2.01. The maximum atomic E-state index is 11.0. The third kappa shape index (κ3) is 4.59. The fraction of sp³-hybridized carbons (Fsp3) is 0.900. The molecule has 0 spiro atoms. The lowest BCUT2D eigenvalue weighted by molar-refractivity contribution is -0.122.